The van der Waals surface area contributed by atoms with E-state index in [1.165, 1.54) is 0 Å². The Kier molecular flexibility index (Phi) is 6.08. The molecule has 1 rings (SSSR count). The van der Waals surface area contributed by atoms with E-state index in [4.69, 9.17) is 9.47 Å². The fourth-order valence-corrected chi connectivity index (χ4v) is 2.15. The summed E-state index contributed by atoms with van der Waals surface area (Å²) in [6.07, 6.45) is 0.883. The number of hydrogen-bond donors (Lipinski definition) is 0. The summed E-state index contributed by atoms with van der Waals surface area (Å²) in [6, 6.07) is 0. The molecular weight excluding hydrogens is 284 g/mol. The highest BCUT2D eigenvalue weighted by Gasteiger charge is 2.26. The Balaban J connectivity index is 2.49. The molecule has 0 aromatic heterocycles. The third-order valence-electron chi connectivity index (χ3n) is 3.02. The Morgan fingerprint density at radius 2 is 0.955 bits per heavy atom. The first kappa shape index (κ1) is 18.6. The van der Waals surface area contributed by atoms with Gasteiger partial charge in [0.05, 0.1) is 0 Å². The van der Waals surface area contributed by atoms with Crippen LogP contribution in [0.25, 0.3) is 0 Å². The van der Waals surface area contributed by atoms with Crippen molar-refractivity contribution in [1.82, 2.24) is 9.80 Å². The van der Waals surface area contributed by atoms with Crippen LogP contribution in [0.5, 0.6) is 0 Å². The van der Waals surface area contributed by atoms with Gasteiger partial charge in [-0.05, 0) is 54.4 Å². The van der Waals surface area contributed by atoms with Gasteiger partial charge in [-0.2, -0.15) is 0 Å². The molecule has 1 aliphatic heterocycles. The van der Waals surface area contributed by atoms with E-state index in [9.17, 15) is 9.59 Å². The van der Waals surface area contributed by atoms with Gasteiger partial charge in [-0.25, -0.2) is 9.59 Å². The largest absolute Gasteiger partial charge is 0.444 e. The molecule has 0 aromatic carbocycles. The summed E-state index contributed by atoms with van der Waals surface area (Å²) >= 11 is 0. The van der Waals surface area contributed by atoms with E-state index in [-0.39, 0.29) is 12.2 Å². The van der Waals surface area contributed by atoms with Crippen molar-refractivity contribution in [3.63, 3.8) is 0 Å². The second-order valence-electron chi connectivity index (χ2n) is 7.64. The van der Waals surface area contributed by atoms with E-state index in [1.54, 1.807) is 9.80 Å². The number of nitrogens with zero attached hydrogens (tertiary/aromatic N) is 2. The lowest BCUT2D eigenvalue weighted by molar-refractivity contribution is 0.0141. The van der Waals surface area contributed by atoms with Gasteiger partial charge < -0.3 is 19.3 Å². The summed E-state index contributed by atoms with van der Waals surface area (Å²) in [4.78, 5) is 27.6. The van der Waals surface area contributed by atoms with Crippen LogP contribution in [0.1, 0.15) is 54.4 Å². The van der Waals surface area contributed by atoms with E-state index in [0.29, 0.717) is 26.2 Å². The van der Waals surface area contributed by atoms with Gasteiger partial charge in [0.15, 0.2) is 0 Å². The molecule has 0 atom stereocenters. The van der Waals surface area contributed by atoms with Crippen molar-refractivity contribution in [1.29, 1.82) is 0 Å². The fourth-order valence-electron chi connectivity index (χ4n) is 2.15. The SMILES string of the molecule is CC(C)(C)OC(=O)N1CCCN(C(=O)OC(C)(C)C)CCC1. The molecule has 2 amide bonds. The van der Waals surface area contributed by atoms with Gasteiger partial charge in [-0.3, -0.25) is 0 Å². The van der Waals surface area contributed by atoms with Crippen LogP contribution in [0, 0.1) is 0 Å². The Morgan fingerprint density at radius 3 is 1.18 bits per heavy atom. The van der Waals surface area contributed by atoms with E-state index < -0.39 is 11.2 Å². The van der Waals surface area contributed by atoms with Crippen molar-refractivity contribution >= 4 is 12.2 Å². The average Bonchev–Trinajstić information content (AvgIpc) is 2.22. The molecule has 1 fully saturated rings. The van der Waals surface area contributed by atoms with Crippen molar-refractivity contribution in [2.75, 3.05) is 26.2 Å². The zero-order valence-electron chi connectivity index (χ0n) is 14.8. The van der Waals surface area contributed by atoms with Crippen molar-refractivity contribution < 1.29 is 19.1 Å². The first-order valence-electron chi connectivity index (χ1n) is 7.94. The first-order valence-corrected chi connectivity index (χ1v) is 7.94. The molecule has 1 aliphatic rings. The Labute approximate surface area is 133 Å². The molecule has 1 saturated heterocycles. The number of carbonyl (C=O) groups is 2. The van der Waals surface area contributed by atoms with Crippen LogP contribution < -0.4 is 0 Å². The molecule has 0 N–H and O–H groups in total. The lowest BCUT2D eigenvalue weighted by Gasteiger charge is -2.32. The molecular formula is C16H30N2O4. The topological polar surface area (TPSA) is 59.1 Å². The lowest BCUT2D eigenvalue weighted by atomic mass is 10.2. The molecule has 1 heterocycles. The third kappa shape index (κ3) is 7.00. The summed E-state index contributed by atoms with van der Waals surface area (Å²) < 4.78 is 10.8. The normalized spacial score (nSPS) is 17.5. The van der Waals surface area contributed by atoms with Crippen LogP contribution >= 0.6 is 0 Å². The van der Waals surface area contributed by atoms with Gasteiger partial charge in [0.2, 0.25) is 0 Å². The van der Waals surface area contributed by atoms with Crippen LogP contribution in [0.2, 0.25) is 0 Å². The fraction of sp³-hybridized carbons (Fsp3) is 0.875. The van der Waals surface area contributed by atoms with Crippen molar-refractivity contribution in [2.24, 2.45) is 0 Å². The van der Waals surface area contributed by atoms with Gasteiger partial charge in [0.1, 0.15) is 11.2 Å². The third-order valence-corrected chi connectivity index (χ3v) is 3.02. The van der Waals surface area contributed by atoms with E-state index in [0.717, 1.165) is 12.8 Å². The summed E-state index contributed by atoms with van der Waals surface area (Å²) in [6.45, 7) is 13.5. The molecule has 0 aromatic rings. The maximum atomic E-state index is 12.1. The Bertz CT molecular complexity index is 350. The highest BCUT2D eigenvalue weighted by Crippen LogP contribution is 2.14. The zero-order valence-corrected chi connectivity index (χ0v) is 14.8. The molecule has 0 unspecified atom stereocenters. The van der Waals surface area contributed by atoms with Gasteiger partial charge in [0.25, 0.3) is 0 Å². The monoisotopic (exact) mass is 314 g/mol. The van der Waals surface area contributed by atoms with E-state index in [2.05, 4.69) is 0 Å². The molecule has 6 heteroatoms. The number of ether oxygens (including phenoxy) is 2. The first-order chi connectivity index (χ1) is 9.98. The number of hydrogen-bond acceptors (Lipinski definition) is 4. The second-order valence-corrected chi connectivity index (χ2v) is 7.64. The maximum Gasteiger partial charge on any atom is 0.410 e. The van der Waals surface area contributed by atoms with Crippen molar-refractivity contribution in [2.45, 2.75) is 65.6 Å². The molecule has 0 saturated carbocycles. The van der Waals surface area contributed by atoms with Crippen LogP contribution in [-0.4, -0.2) is 59.4 Å². The summed E-state index contributed by atoms with van der Waals surface area (Å²) in [7, 11) is 0. The van der Waals surface area contributed by atoms with Gasteiger partial charge in [-0.1, -0.05) is 0 Å². The molecule has 128 valence electrons. The lowest BCUT2D eigenvalue weighted by Crippen LogP contribution is -2.44. The molecule has 6 nitrogen and oxygen atoms in total. The summed E-state index contributed by atoms with van der Waals surface area (Å²) in [5, 5.41) is 0. The quantitative estimate of drug-likeness (QED) is 0.688. The highest BCUT2D eigenvalue weighted by molar-refractivity contribution is 5.69. The second kappa shape index (κ2) is 7.20. The van der Waals surface area contributed by atoms with Crippen molar-refractivity contribution in [3.05, 3.63) is 0 Å². The van der Waals surface area contributed by atoms with E-state index >= 15 is 0 Å². The number of rotatable bonds is 0. The van der Waals surface area contributed by atoms with Gasteiger partial charge in [0, 0.05) is 26.2 Å². The minimum atomic E-state index is -0.484. The molecule has 0 bridgehead atoms. The van der Waals surface area contributed by atoms with Gasteiger partial charge in [-0.15, -0.1) is 0 Å². The minimum absolute atomic E-state index is 0.279. The molecule has 22 heavy (non-hydrogen) atoms. The summed E-state index contributed by atoms with van der Waals surface area (Å²) in [5.41, 5.74) is -0.968. The predicted molar refractivity (Wildman–Crippen MR) is 84.8 cm³/mol. The van der Waals surface area contributed by atoms with Crippen LogP contribution in [0.4, 0.5) is 9.59 Å². The Hall–Kier alpha value is -1.46. The van der Waals surface area contributed by atoms with E-state index in [1.807, 2.05) is 41.5 Å². The summed E-state index contributed by atoms with van der Waals surface area (Å²) in [5.74, 6) is 0. The van der Waals surface area contributed by atoms with Crippen LogP contribution in [-0.2, 0) is 9.47 Å². The predicted octanol–water partition coefficient (Wildman–Crippen LogP) is 3.25. The van der Waals surface area contributed by atoms with Crippen LogP contribution in [0.15, 0.2) is 0 Å². The number of amides is 2. The zero-order chi connectivity index (χ0) is 17.0. The van der Waals surface area contributed by atoms with Crippen LogP contribution in [0.3, 0.4) is 0 Å². The Morgan fingerprint density at radius 1 is 0.682 bits per heavy atom. The standard InChI is InChI=1S/C16H30N2O4/c1-15(2,3)21-13(19)17-9-7-11-18(12-8-10-17)14(20)22-16(4,5)6/h7-12H2,1-6H3. The average molecular weight is 314 g/mol. The highest BCUT2D eigenvalue weighted by atomic mass is 16.6. The smallest absolute Gasteiger partial charge is 0.410 e. The maximum absolute atomic E-state index is 12.1. The molecule has 0 radical (unpaired) electrons. The number of carbonyl (C=O) groups excluding carboxylic acids is 2. The molecule has 0 spiro atoms. The molecule has 0 aliphatic carbocycles. The minimum Gasteiger partial charge on any atom is -0.444 e. The van der Waals surface area contributed by atoms with Gasteiger partial charge >= 0.3 is 12.2 Å². The van der Waals surface area contributed by atoms with Crippen molar-refractivity contribution in [3.8, 4) is 0 Å².